The third kappa shape index (κ3) is 3.33. The van der Waals surface area contributed by atoms with Gasteiger partial charge in [0.15, 0.2) is 5.82 Å². The van der Waals surface area contributed by atoms with Gasteiger partial charge in [0.1, 0.15) is 5.71 Å². The van der Waals surface area contributed by atoms with E-state index in [9.17, 15) is 4.79 Å². The van der Waals surface area contributed by atoms with Crippen LogP contribution < -0.4 is 0 Å². The van der Waals surface area contributed by atoms with E-state index in [1.54, 1.807) is 5.01 Å². The highest BCUT2D eigenvalue weighted by Crippen LogP contribution is 2.35. The molecule has 1 atom stereocenters. The van der Waals surface area contributed by atoms with E-state index in [2.05, 4.69) is 20.9 Å². The van der Waals surface area contributed by atoms with Crippen LogP contribution in [0, 0.1) is 6.92 Å². The smallest absolute Gasteiger partial charge is 0.274 e. The van der Waals surface area contributed by atoms with Crippen molar-refractivity contribution in [3.8, 4) is 0 Å². The predicted octanol–water partition coefficient (Wildman–Crippen LogP) is 5.63. The Kier molecular flexibility index (Phi) is 4.71. The number of hydrogen-bond donors (Lipinski definition) is 1. The van der Waals surface area contributed by atoms with E-state index < -0.39 is 0 Å². The number of nitrogens with zero attached hydrogens (tertiary/aromatic N) is 3. The molecule has 2 heterocycles. The Morgan fingerprint density at radius 2 is 1.87 bits per heavy atom. The zero-order valence-corrected chi connectivity index (χ0v) is 17.9. The third-order valence-electron chi connectivity index (χ3n) is 5.39. The lowest BCUT2D eigenvalue weighted by Crippen LogP contribution is -2.27. The summed E-state index contributed by atoms with van der Waals surface area (Å²) in [5.74, 6) is 0.598. The summed E-state index contributed by atoms with van der Waals surface area (Å²) in [6.07, 6.45) is 0.591. The van der Waals surface area contributed by atoms with Gasteiger partial charge in [-0.3, -0.25) is 4.79 Å². The number of para-hydroxylation sites is 2. The minimum atomic E-state index is -0.196. The zero-order chi connectivity index (χ0) is 20.7. The van der Waals surface area contributed by atoms with Crippen LogP contribution in [0.1, 0.15) is 39.8 Å². The number of carbonyl (C=O) groups is 1. The van der Waals surface area contributed by atoms with Gasteiger partial charge in [-0.05, 0) is 48.4 Å². The molecule has 5 nitrogen and oxygen atoms in total. The molecule has 30 heavy (non-hydrogen) atoms. The fourth-order valence-corrected chi connectivity index (χ4v) is 4.26. The fraction of sp³-hybridized carbons (Fsp3) is 0.125. The van der Waals surface area contributed by atoms with Crippen LogP contribution in [0.4, 0.5) is 0 Å². The molecule has 0 unspecified atom stereocenters. The summed E-state index contributed by atoms with van der Waals surface area (Å²) in [6, 6.07) is 23.3. The van der Waals surface area contributed by atoms with E-state index >= 15 is 0 Å². The van der Waals surface area contributed by atoms with Crippen molar-refractivity contribution in [2.75, 3.05) is 0 Å². The van der Waals surface area contributed by atoms with Crippen molar-refractivity contribution in [1.82, 2.24) is 15.0 Å². The van der Waals surface area contributed by atoms with Crippen LogP contribution in [0.3, 0.4) is 0 Å². The molecule has 5 rings (SSSR count). The topological polar surface area (TPSA) is 61.4 Å². The number of carbonyl (C=O) groups excluding carboxylic acids is 1. The summed E-state index contributed by atoms with van der Waals surface area (Å²) < 4.78 is 0.973. The van der Waals surface area contributed by atoms with Gasteiger partial charge < -0.3 is 4.98 Å². The SMILES string of the molecule is Cc1ccccc1C(=O)N1N=C(c2nc3ccccc3[nH]2)C[C@@H]1c1cccc(Br)c1. The van der Waals surface area contributed by atoms with Crippen molar-refractivity contribution in [1.29, 1.82) is 0 Å². The molecule has 1 aliphatic rings. The lowest BCUT2D eigenvalue weighted by Gasteiger charge is -2.23. The van der Waals surface area contributed by atoms with Crippen molar-refractivity contribution in [3.63, 3.8) is 0 Å². The lowest BCUT2D eigenvalue weighted by molar-refractivity contribution is 0.0710. The minimum Gasteiger partial charge on any atom is -0.337 e. The monoisotopic (exact) mass is 458 g/mol. The van der Waals surface area contributed by atoms with E-state index in [4.69, 9.17) is 10.1 Å². The number of aromatic nitrogens is 2. The third-order valence-corrected chi connectivity index (χ3v) is 5.88. The maximum Gasteiger partial charge on any atom is 0.274 e. The molecule has 1 aliphatic heterocycles. The molecular weight excluding hydrogens is 440 g/mol. The Balaban J connectivity index is 1.58. The number of aryl methyl sites for hydroxylation is 1. The van der Waals surface area contributed by atoms with Crippen LogP contribution in [0.2, 0.25) is 0 Å². The number of benzene rings is 3. The lowest BCUT2D eigenvalue weighted by atomic mass is 10.0. The first-order valence-electron chi connectivity index (χ1n) is 9.77. The molecule has 1 amide bonds. The number of hydrazone groups is 1. The standard InChI is InChI=1S/C24H19BrN4O/c1-15-7-2-3-10-18(15)24(30)29-22(16-8-6-9-17(25)13-16)14-21(28-29)23-26-19-11-4-5-12-20(19)27-23/h2-13,22H,14H2,1H3,(H,26,27)/t22-/m1/s1. The highest BCUT2D eigenvalue weighted by molar-refractivity contribution is 9.10. The fourth-order valence-electron chi connectivity index (χ4n) is 3.84. The first-order chi connectivity index (χ1) is 14.6. The van der Waals surface area contributed by atoms with Gasteiger partial charge >= 0.3 is 0 Å². The number of nitrogens with one attached hydrogen (secondary N) is 1. The van der Waals surface area contributed by atoms with Gasteiger partial charge in [-0.25, -0.2) is 9.99 Å². The summed E-state index contributed by atoms with van der Waals surface area (Å²) in [4.78, 5) is 21.5. The van der Waals surface area contributed by atoms with Crippen molar-refractivity contribution >= 4 is 38.6 Å². The molecule has 148 valence electrons. The number of fused-ring (bicyclic) bond motifs is 1. The Labute approximate surface area is 182 Å². The average molecular weight is 459 g/mol. The number of H-pyrrole nitrogens is 1. The van der Waals surface area contributed by atoms with Crippen molar-refractivity contribution in [2.45, 2.75) is 19.4 Å². The van der Waals surface area contributed by atoms with Crippen LogP contribution >= 0.6 is 15.9 Å². The molecule has 6 heteroatoms. The van der Waals surface area contributed by atoms with Crippen LogP contribution in [-0.4, -0.2) is 26.6 Å². The second kappa shape index (κ2) is 7.54. The Hall–Kier alpha value is -3.25. The van der Waals surface area contributed by atoms with Crippen molar-refractivity contribution in [2.24, 2.45) is 5.10 Å². The van der Waals surface area contributed by atoms with E-state index in [1.165, 1.54) is 0 Å². The molecule has 0 fully saturated rings. The maximum atomic E-state index is 13.5. The molecule has 1 aromatic heterocycles. The molecule has 1 N–H and O–H groups in total. The van der Waals surface area contributed by atoms with Gasteiger partial charge in [-0.1, -0.05) is 58.4 Å². The van der Waals surface area contributed by atoms with E-state index in [0.717, 1.165) is 32.3 Å². The van der Waals surface area contributed by atoms with Crippen LogP contribution in [0.5, 0.6) is 0 Å². The van der Waals surface area contributed by atoms with Gasteiger partial charge in [0.25, 0.3) is 5.91 Å². The molecular formula is C24H19BrN4O. The molecule has 0 radical (unpaired) electrons. The number of amides is 1. The Morgan fingerprint density at radius 1 is 1.07 bits per heavy atom. The Bertz CT molecular complexity index is 1260. The predicted molar refractivity (Wildman–Crippen MR) is 121 cm³/mol. The second-order valence-electron chi connectivity index (χ2n) is 7.39. The summed E-state index contributed by atoms with van der Waals surface area (Å²) in [5.41, 5.74) is 5.24. The van der Waals surface area contributed by atoms with Gasteiger partial charge in [-0.2, -0.15) is 5.10 Å². The zero-order valence-electron chi connectivity index (χ0n) is 16.3. The van der Waals surface area contributed by atoms with Crippen molar-refractivity contribution < 1.29 is 4.79 Å². The molecule has 0 spiro atoms. The molecule has 0 bridgehead atoms. The quantitative estimate of drug-likeness (QED) is 0.432. The summed E-state index contributed by atoms with van der Waals surface area (Å²) in [7, 11) is 0. The molecule has 3 aromatic carbocycles. The molecule has 0 aliphatic carbocycles. The number of aromatic amines is 1. The van der Waals surface area contributed by atoms with E-state index in [0.29, 0.717) is 17.8 Å². The van der Waals surface area contributed by atoms with E-state index in [1.807, 2.05) is 79.7 Å². The van der Waals surface area contributed by atoms with Crippen LogP contribution in [0.25, 0.3) is 11.0 Å². The number of rotatable bonds is 3. The largest absolute Gasteiger partial charge is 0.337 e. The first kappa shape index (κ1) is 18.8. The van der Waals surface area contributed by atoms with E-state index in [-0.39, 0.29) is 11.9 Å². The number of halogens is 1. The van der Waals surface area contributed by atoms with Gasteiger partial charge in [0.05, 0.1) is 17.1 Å². The Morgan fingerprint density at radius 3 is 2.67 bits per heavy atom. The summed E-state index contributed by atoms with van der Waals surface area (Å²) in [5, 5.41) is 6.35. The minimum absolute atomic E-state index is 0.107. The summed E-state index contributed by atoms with van der Waals surface area (Å²) in [6.45, 7) is 1.95. The highest BCUT2D eigenvalue weighted by Gasteiger charge is 2.35. The van der Waals surface area contributed by atoms with Crippen LogP contribution in [-0.2, 0) is 0 Å². The summed E-state index contributed by atoms with van der Waals surface area (Å²) >= 11 is 3.55. The first-order valence-corrected chi connectivity index (χ1v) is 10.6. The maximum absolute atomic E-state index is 13.5. The number of hydrogen-bond acceptors (Lipinski definition) is 3. The second-order valence-corrected chi connectivity index (χ2v) is 8.30. The normalized spacial score (nSPS) is 16.1. The molecule has 4 aromatic rings. The van der Waals surface area contributed by atoms with Crippen LogP contribution in [0.15, 0.2) is 82.4 Å². The van der Waals surface area contributed by atoms with Crippen molar-refractivity contribution in [3.05, 3.63) is 99.8 Å². The van der Waals surface area contributed by atoms with Gasteiger partial charge in [0, 0.05) is 16.5 Å². The van der Waals surface area contributed by atoms with Gasteiger partial charge in [0.2, 0.25) is 0 Å². The van der Waals surface area contributed by atoms with Gasteiger partial charge in [-0.15, -0.1) is 0 Å². The molecule has 0 saturated carbocycles. The number of imidazole rings is 1. The average Bonchev–Trinajstić information content (AvgIpc) is 3.38. The molecule has 0 saturated heterocycles. The highest BCUT2D eigenvalue weighted by atomic mass is 79.9.